The lowest BCUT2D eigenvalue weighted by Gasteiger charge is -2.05. The van der Waals surface area contributed by atoms with Crippen LogP contribution in [0, 0.1) is 3.57 Å². The van der Waals surface area contributed by atoms with Crippen molar-refractivity contribution < 1.29 is 4.79 Å². The third-order valence-electron chi connectivity index (χ3n) is 1.58. The van der Waals surface area contributed by atoms with E-state index in [9.17, 15) is 4.79 Å². The predicted octanol–water partition coefficient (Wildman–Crippen LogP) is 3.39. The van der Waals surface area contributed by atoms with Crippen LogP contribution < -0.4 is 0 Å². The van der Waals surface area contributed by atoms with Crippen LogP contribution in [0.2, 0.25) is 0 Å². The van der Waals surface area contributed by atoms with Gasteiger partial charge in [-0.05, 0) is 47.7 Å². The number of carbonyl (C=O) groups excluding carboxylic acids is 1. The number of hydrogen-bond donors (Lipinski definition) is 1. The number of rotatable bonds is 2. The van der Waals surface area contributed by atoms with Crippen molar-refractivity contribution in [3.8, 4) is 0 Å². The van der Waals surface area contributed by atoms with Gasteiger partial charge in [0.05, 0.1) is 5.38 Å². The average molecular weight is 327 g/mol. The van der Waals surface area contributed by atoms with Gasteiger partial charge in [0.1, 0.15) is 0 Å². The molecule has 0 aliphatic rings. The van der Waals surface area contributed by atoms with E-state index < -0.39 is 5.38 Å². The normalized spacial score (nSPS) is 12.6. The van der Waals surface area contributed by atoms with E-state index in [1.165, 1.54) is 0 Å². The maximum atomic E-state index is 11.5. The van der Waals surface area contributed by atoms with E-state index in [2.05, 4.69) is 35.2 Å². The van der Waals surface area contributed by atoms with Crippen LogP contribution >= 0.6 is 46.8 Å². The van der Waals surface area contributed by atoms with Gasteiger partial charge in [0.2, 0.25) is 0 Å². The Hall–Kier alpha value is 0.260. The first kappa shape index (κ1) is 11.3. The summed E-state index contributed by atoms with van der Waals surface area (Å²) in [5.41, 5.74) is 0.649. The van der Waals surface area contributed by atoms with Crippen LogP contribution in [0.1, 0.15) is 17.3 Å². The second-order valence-electron chi connectivity index (χ2n) is 2.64. The first-order chi connectivity index (χ1) is 6.02. The van der Waals surface area contributed by atoms with E-state index >= 15 is 0 Å². The molecule has 1 atom stereocenters. The molecule has 1 aromatic rings. The second kappa shape index (κ2) is 4.66. The Kier molecular flexibility index (Phi) is 4.06. The Bertz CT molecular complexity index is 338. The monoisotopic (exact) mass is 326 g/mol. The van der Waals surface area contributed by atoms with Crippen LogP contribution in [0.15, 0.2) is 23.1 Å². The molecular formula is C9H8ClIOS. The van der Waals surface area contributed by atoms with Crippen molar-refractivity contribution >= 4 is 52.6 Å². The fourth-order valence-electron chi connectivity index (χ4n) is 0.916. The van der Waals surface area contributed by atoms with Crippen LogP contribution in [0.4, 0.5) is 0 Å². The number of halogens is 2. The highest BCUT2D eigenvalue weighted by molar-refractivity contribution is 14.1. The summed E-state index contributed by atoms with van der Waals surface area (Å²) >= 11 is 12.0. The van der Waals surface area contributed by atoms with E-state index in [1.54, 1.807) is 13.0 Å². The number of hydrogen-bond acceptors (Lipinski definition) is 2. The summed E-state index contributed by atoms with van der Waals surface area (Å²) in [6.45, 7) is 1.67. The molecule has 0 aliphatic heterocycles. The lowest BCUT2D eigenvalue weighted by Crippen LogP contribution is -2.12. The molecule has 1 unspecified atom stereocenters. The summed E-state index contributed by atoms with van der Waals surface area (Å²) in [5, 5.41) is -0.483. The SMILES string of the molecule is CC(Cl)C(=O)c1cc(S)ccc1I. The van der Waals surface area contributed by atoms with Crippen molar-refractivity contribution in [2.24, 2.45) is 0 Å². The van der Waals surface area contributed by atoms with E-state index in [0.717, 1.165) is 8.47 Å². The fraction of sp³-hybridized carbons (Fsp3) is 0.222. The Morgan fingerprint density at radius 1 is 1.62 bits per heavy atom. The Morgan fingerprint density at radius 3 is 2.77 bits per heavy atom. The van der Waals surface area contributed by atoms with Crippen LogP contribution in [0.5, 0.6) is 0 Å². The summed E-state index contributed by atoms with van der Waals surface area (Å²) in [4.78, 5) is 12.3. The Morgan fingerprint density at radius 2 is 2.23 bits per heavy atom. The molecule has 0 bridgehead atoms. The predicted molar refractivity (Wildman–Crippen MR) is 66.1 cm³/mol. The minimum atomic E-state index is -0.483. The van der Waals surface area contributed by atoms with Crippen molar-refractivity contribution in [1.29, 1.82) is 0 Å². The zero-order valence-corrected chi connectivity index (χ0v) is 10.7. The molecule has 13 heavy (non-hydrogen) atoms. The molecule has 1 rings (SSSR count). The molecule has 70 valence electrons. The summed E-state index contributed by atoms with van der Waals surface area (Å²) in [5.74, 6) is -0.0537. The van der Waals surface area contributed by atoms with Gasteiger partial charge in [-0.15, -0.1) is 24.2 Å². The van der Waals surface area contributed by atoms with Gasteiger partial charge < -0.3 is 0 Å². The highest BCUT2D eigenvalue weighted by atomic mass is 127. The molecule has 0 radical (unpaired) electrons. The minimum absolute atomic E-state index is 0.0537. The van der Waals surface area contributed by atoms with Crippen molar-refractivity contribution in [3.63, 3.8) is 0 Å². The minimum Gasteiger partial charge on any atom is -0.292 e. The molecule has 0 saturated heterocycles. The lowest BCUT2D eigenvalue weighted by atomic mass is 10.1. The van der Waals surface area contributed by atoms with Crippen LogP contribution in [0.25, 0.3) is 0 Å². The quantitative estimate of drug-likeness (QED) is 0.381. The molecular weight excluding hydrogens is 319 g/mol. The zero-order valence-electron chi connectivity index (χ0n) is 6.92. The van der Waals surface area contributed by atoms with Gasteiger partial charge in [-0.3, -0.25) is 4.79 Å². The summed E-state index contributed by atoms with van der Waals surface area (Å²) in [6, 6.07) is 5.45. The first-order valence-corrected chi connectivity index (χ1v) is 5.65. The standard InChI is InChI=1S/C9H8ClIOS/c1-5(10)9(12)7-4-6(13)2-3-8(7)11/h2-5,13H,1H3. The number of carbonyl (C=O) groups is 1. The molecule has 0 spiro atoms. The van der Waals surface area contributed by atoms with Gasteiger partial charge in [-0.1, -0.05) is 0 Å². The highest BCUT2D eigenvalue weighted by Gasteiger charge is 2.15. The van der Waals surface area contributed by atoms with Crippen molar-refractivity contribution in [1.82, 2.24) is 0 Å². The lowest BCUT2D eigenvalue weighted by molar-refractivity contribution is 0.0990. The summed E-state index contributed by atoms with van der Waals surface area (Å²) < 4.78 is 0.910. The average Bonchev–Trinajstić information content (AvgIpc) is 2.08. The first-order valence-electron chi connectivity index (χ1n) is 3.69. The Labute approximate surface area is 101 Å². The highest BCUT2D eigenvalue weighted by Crippen LogP contribution is 2.19. The van der Waals surface area contributed by atoms with Gasteiger partial charge >= 0.3 is 0 Å². The van der Waals surface area contributed by atoms with Gasteiger partial charge in [0, 0.05) is 14.0 Å². The topological polar surface area (TPSA) is 17.1 Å². The smallest absolute Gasteiger partial charge is 0.181 e. The molecule has 0 saturated carbocycles. The molecule has 0 N–H and O–H groups in total. The Balaban J connectivity index is 3.13. The molecule has 0 amide bonds. The van der Waals surface area contributed by atoms with E-state index in [0.29, 0.717) is 5.56 Å². The molecule has 0 aliphatic carbocycles. The maximum absolute atomic E-state index is 11.5. The molecule has 1 nitrogen and oxygen atoms in total. The van der Waals surface area contributed by atoms with Crippen molar-refractivity contribution in [2.75, 3.05) is 0 Å². The van der Waals surface area contributed by atoms with E-state index in [4.69, 9.17) is 11.6 Å². The third-order valence-corrected chi connectivity index (χ3v) is 2.99. The molecule has 1 aromatic carbocycles. The van der Waals surface area contributed by atoms with Gasteiger partial charge in [-0.2, -0.15) is 0 Å². The third kappa shape index (κ3) is 2.86. The van der Waals surface area contributed by atoms with Crippen LogP contribution in [-0.2, 0) is 0 Å². The van der Waals surface area contributed by atoms with E-state index in [1.807, 2.05) is 12.1 Å². The van der Waals surface area contributed by atoms with Gasteiger partial charge in [-0.25, -0.2) is 0 Å². The number of Topliss-reactive ketones (excluding diaryl/α,β-unsaturated/α-hetero) is 1. The second-order valence-corrected chi connectivity index (χ2v) is 4.98. The van der Waals surface area contributed by atoms with Gasteiger partial charge in [0.25, 0.3) is 0 Å². The molecule has 0 heterocycles. The summed E-state index contributed by atoms with van der Waals surface area (Å²) in [7, 11) is 0. The van der Waals surface area contributed by atoms with Crippen molar-refractivity contribution in [3.05, 3.63) is 27.3 Å². The summed E-state index contributed by atoms with van der Waals surface area (Å²) in [6.07, 6.45) is 0. The number of ketones is 1. The number of thiol groups is 1. The molecule has 0 aromatic heterocycles. The van der Waals surface area contributed by atoms with E-state index in [-0.39, 0.29) is 5.78 Å². The maximum Gasteiger partial charge on any atom is 0.181 e. The van der Waals surface area contributed by atoms with Crippen molar-refractivity contribution in [2.45, 2.75) is 17.2 Å². The fourth-order valence-corrected chi connectivity index (χ4v) is 1.84. The zero-order chi connectivity index (χ0) is 10.0. The molecule has 0 fully saturated rings. The largest absolute Gasteiger partial charge is 0.292 e. The molecule has 4 heteroatoms. The number of benzene rings is 1. The van der Waals surface area contributed by atoms with Crippen LogP contribution in [-0.4, -0.2) is 11.2 Å². The number of alkyl halides is 1. The van der Waals surface area contributed by atoms with Gasteiger partial charge in [0.15, 0.2) is 5.78 Å². The van der Waals surface area contributed by atoms with Crippen LogP contribution in [0.3, 0.4) is 0 Å².